The average Bonchev–Trinajstić information content (AvgIpc) is 2.46. The molecule has 5 nitrogen and oxygen atoms in total. The minimum Gasteiger partial charge on any atom is -0.490 e. The Morgan fingerprint density at radius 3 is 2.35 bits per heavy atom. The number of rotatable bonds is 8. The summed E-state index contributed by atoms with van der Waals surface area (Å²) >= 11 is 0. The van der Waals surface area contributed by atoms with E-state index in [-0.39, 0.29) is 5.91 Å². The molecule has 0 spiro atoms. The summed E-state index contributed by atoms with van der Waals surface area (Å²) < 4.78 is 11.0. The van der Waals surface area contributed by atoms with Crippen molar-refractivity contribution in [1.82, 2.24) is 4.90 Å². The molecule has 112 valence electrons. The zero-order valence-corrected chi connectivity index (χ0v) is 12.5. The van der Waals surface area contributed by atoms with Gasteiger partial charge in [-0.25, -0.2) is 0 Å². The van der Waals surface area contributed by atoms with E-state index >= 15 is 0 Å². The third kappa shape index (κ3) is 4.13. The van der Waals surface area contributed by atoms with Gasteiger partial charge in [0.25, 0.3) is 5.91 Å². The number of benzene rings is 1. The molecular weight excluding hydrogens is 256 g/mol. The molecule has 0 aliphatic heterocycles. The van der Waals surface area contributed by atoms with E-state index in [1.807, 2.05) is 20.8 Å². The van der Waals surface area contributed by atoms with Crippen molar-refractivity contribution in [3.8, 4) is 11.5 Å². The lowest BCUT2D eigenvalue weighted by molar-refractivity contribution is 0.0768. The summed E-state index contributed by atoms with van der Waals surface area (Å²) in [5, 5.41) is 0. The minimum atomic E-state index is -0.0399. The van der Waals surface area contributed by atoms with Crippen molar-refractivity contribution in [3.63, 3.8) is 0 Å². The maximum atomic E-state index is 12.4. The number of carbonyl (C=O) groups is 1. The van der Waals surface area contributed by atoms with E-state index in [0.29, 0.717) is 49.9 Å². The fraction of sp³-hybridized carbons (Fsp3) is 0.533. The molecule has 0 bridgehead atoms. The highest BCUT2D eigenvalue weighted by atomic mass is 16.5. The van der Waals surface area contributed by atoms with Crippen LogP contribution < -0.4 is 15.2 Å². The fourth-order valence-corrected chi connectivity index (χ4v) is 1.93. The normalized spacial score (nSPS) is 10.2. The molecule has 1 aromatic carbocycles. The van der Waals surface area contributed by atoms with Crippen LogP contribution in [0.2, 0.25) is 0 Å². The van der Waals surface area contributed by atoms with Gasteiger partial charge in [0.2, 0.25) is 0 Å². The molecule has 0 unspecified atom stereocenters. The molecule has 5 heteroatoms. The van der Waals surface area contributed by atoms with E-state index < -0.39 is 0 Å². The SMILES string of the molecule is CCOc1ccc(C(=O)N(CC)CCN)cc1OCC. The van der Waals surface area contributed by atoms with Crippen LogP contribution in [0.25, 0.3) is 0 Å². The van der Waals surface area contributed by atoms with E-state index in [9.17, 15) is 4.79 Å². The lowest BCUT2D eigenvalue weighted by Gasteiger charge is -2.20. The van der Waals surface area contributed by atoms with Gasteiger partial charge in [-0.05, 0) is 39.0 Å². The van der Waals surface area contributed by atoms with Crippen molar-refractivity contribution in [2.24, 2.45) is 5.73 Å². The molecule has 20 heavy (non-hydrogen) atoms. The van der Waals surface area contributed by atoms with Crippen LogP contribution in [-0.2, 0) is 0 Å². The Labute approximate surface area is 120 Å². The van der Waals surface area contributed by atoms with Gasteiger partial charge in [-0.2, -0.15) is 0 Å². The van der Waals surface area contributed by atoms with E-state index in [1.54, 1.807) is 23.1 Å². The first-order chi connectivity index (χ1) is 9.67. The Bertz CT molecular complexity index is 435. The minimum absolute atomic E-state index is 0.0399. The summed E-state index contributed by atoms with van der Waals surface area (Å²) in [5.74, 6) is 1.22. The van der Waals surface area contributed by atoms with Gasteiger partial charge < -0.3 is 20.1 Å². The van der Waals surface area contributed by atoms with Crippen LogP contribution in [0, 0.1) is 0 Å². The average molecular weight is 280 g/mol. The molecule has 0 saturated heterocycles. The highest BCUT2D eigenvalue weighted by molar-refractivity contribution is 5.95. The Balaban J connectivity index is 3.00. The van der Waals surface area contributed by atoms with Crippen molar-refractivity contribution < 1.29 is 14.3 Å². The van der Waals surface area contributed by atoms with E-state index in [0.717, 1.165) is 0 Å². The van der Waals surface area contributed by atoms with E-state index in [2.05, 4.69) is 0 Å². The summed E-state index contributed by atoms with van der Waals surface area (Å²) in [5.41, 5.74) is 6.11. The monoisotopic (exact) mass is 280 g/mol. The predicted octanol–water partition coefficient (Wildman–Crippen LogP) is 1.90. The molecule has 0 saturated carbocycles. The van der Waals surface area contributed by atoms with Crippen LogP contribution in [0.3, 0.4) is 0 Å². The van der Waals surface area contributed by atoms with Crippen LogP contribution >= 0.6 is 0 Å². The Morgan fingerprint density at radius 1 is 1.15 bits per heavy atom. The Hall–Kier alpha value is -1.75. The van der Waals surface area contributed by atoms with Gasteiger partial charge in [-0.15, -0.1) is 0 Å². The molecule has 1 amide bonds. The second kappa shape index (κ2) is 8.43. The van der Waals surface area contributed by atoms with Crippen molar-refractivity contribution in [1.29, 1.82) is 0 Å². The number of amides is 1. The molecule has 0 aromatic heterocycles. The lowest BCUT2D eigenvalue weighted by atomic mass is 10.1. The standard InChI is InChI=1S/C15H24N2O3/c1-4-17(10-9-16)15(18)12-7-8-13(19-5-2)14(11-12)20-6-3/h7-8,11H,4-6,9-10,16H2,1-3H3. The number of carbonyl (C=O) groups excluding carboxylic acids is 1. The third-order valence-corrected chi connectivity index (χ3v) is 2.86. The Kier molecular flexibility index (Phi) is 6.87. The van der Waals surface area contributed by atoms with Gasteiger partial charge in [0.05, 0.1) is 13.2 Å². The molecule has 1 rings (SSSR count). The van der Waals surface area contributed by atoms with Gasteiger partial charge >= 0.3 is 0 Å². The second-order valence-corrected chi connectivity index (χ2v) is 4.20. The summed E-state index contributed by atoms with van der Waals surface area (Å²) in [4.78, 5) is 14.1. The number of hydrogen-bond acceptors (Lipinski definition) is 4. The zero-order chi connectivity index (χ0) is 15.0. The summed E-state index contributed by atoms with van der Waals surface area (Å²) in [6.07, 6.45) is 0. The van der Waals surface area contributed by atoms with E-state index in [4.69, 9.17) is 15.2 Å². The van der Waals surface area contributed by atoms with Crippen LogP contribution in [0.5, 0.6) is 11.5 Å². The molecule has 0 atom stereocenters. The predicted molar refractivity (Wildman–Crippen MR) is 79.4 cm³/mol. The van der Waals surface area contributed by atoms with Crippen molar-refractivity contribution in [2.75, 3.05) is 32.8 Å². The number of ether oxygens (including phenoxy) is 2. The number of likely N-dealkylation sites (N-methyl/N-ethyl adjacent to an activating group) is 1. The fourth-order valence-electron chi connectivity index (χ4n) is 1.93. The first kappa shape index (κ1) is 16.3. The van der Waals surface area contributed by atoms with Crippen LogP contribution in [0.1, 0.15) is 31.1 Å². The van der Waals surface area contributed by atoms with Crippen LogP contribution in [-0.4, -0.2) is 43.7 Å². The number of nitrogens with two attached hydrogens (primary N) is 1. The topological polar surface area (TPSA) is 64.8 Å². The van der Waals surface area contributed by atoms with Gasteiger partial charge in [0.15, 0.2) is 11.5 Å². The highest BCUT2D eigenvalue weighted by Gasteiger charge is 2.16. The van der Waals surface area contributed by atoms with E-state index in [1.165, 1.54) is 0 Å². The summed E-state index contributed by atoms with van der Waals surface area (Å²) in [6, 6.07) is 5.27. The Morgan fingerprint density at radius 2 is 1.80 bits per heavy atom. The van der Waals surface area contributed by atoms with Gasteiger partial charge in [0.1, 0.15) is 0 Å². The number of nitrogens with zero attached hydrogens (tertiary/aromatic N) is 1. The summed E-state index contributed by atoms with van der Waals surface area (Å²) in [7, 11) is 0. The largest absolute Gasteiger partial charge is 0.490 e. The van der Waals surface area contributed by atoms with Gasteiger partial charge in [-0.1, -0.05) is 0 Å². The maximum absolute atomic E-state index is 12.4. The third-order valence-electron chi connectivity index (χ3n) is 2.86. The lowest BCUT2D eigenvalue weighted by Crippen LogP contribution is -2.35. The van der Waals surface area contributed by atoms with Gasteiger partial charge in [-0.3, -0.25) is 4.79 Å². The number of hydrogen-bond donors (Lipinski definition) is 1. The molecule has 2 N–H and O–H groups in total. The molecule has 1 aromatic rings. The molecule has 0 aliphatic rings. The highest BCUT2D eigenvalue weighted by Crippen LogP contribution is 2.29. The van der Waals surface area contributed by atoms with Crippen molar-refractivity contribution >= 4 is 5.91 Å². The van der Waals surface area contributed by atoms with Crippen LogP contribution in [0.4, 0.5) is 0 Å². The van der Waals surface area contributed by atoms with Crippen molar-refractivity contribution in [2.45, 2.75) is 20.8 Å². The zero-order valence-electron chi connectivity index (χ0n) is 12.5. The molecule has 0 heterocycles. The quantitative estimate of drug-likeness (QED) is 0.790. The molecular formula is C15H24N2O3. The first-order valence-electron chi connectivity index (χ1n) is 7.06. The molecule has 0 fully saturated rings. The smallest absolute Gasteiger partial charge is 0.254 e. The maximum Gasteiger partial charge on any atom is 0.254 e. The molecule has 0 radical (unpaired) electrons. The van der Waals surface area contributed by atoms with Crippen molar-refractivity contribution in [3.05, 3.63) is 23.8 Å². The second-order valence-electron chi connectivity index (χ2n) is 4.20. The van der Waals surface area contributed by atoms with Gasteiger partial charge in [0, 0.05) is 25.2 Å². The van der Waals surface area contributed by atoms with Crippen LogP contribution in [0.15, 0.2) is 18.2 Å². The molecule has 0 aliphatic carbocycles. The summed E-state index contributed by atoms with van der Waals surface area (Å²) in [6.45, 7) is 8.46. The first-order valence-corrected chi connectivity index (χ1v) is 7.06.